The number of benzene rings is 1. The van der Waals surface area contributed by atoms with Gasteiger partial charge in [-0.05, 0) is 74.2 Å². The lowest BCUT2D eigenvalue weighted by Crippen LogP contribution is -2.53. The summed E-state index contributed by atoms with van der Waals surface area (Å²) in [4.78, 5) is 31.1. The summed E-state index contributed by atoms with van der Waals surface area (Å²) in [6, 6.07) is 9.92. The Morgan fingerprint density at radius 2 is 1.91 bits per heavy atom. The zero-order valence-electron chi connectivity index (χ0n) is 21.4. The summed E-state index contributed by atoms with van der Waals surface area (Å²) in [7, 11) is 0. The fourth-order valence-electron chi connectivity index (χ4n) is 4.17. The number of urea groups is 1. The fourth-order valence-corrected chi connectivity index (χ4v) is 5.10. The smallest absolute Gasteiger partial charge is 0.318 e. The van der Waals surface area contributed by atoms with Crippen molar-refractivity contribution in [3.05, 3.63) is 51.7 Å². The lowest BCUT2D eigenvalue weighted by molar-refractivity contribution is -0.135. The normalized spacial score (nSPS) is 15.7. The van der Waals surface area contributed by atoms with Gasteiger partial charge in [-0.1, -0.05) is 32.9 Å². The van der Waals surface area contributed by atoms with Gasteiger partial charge in [-0.15, -0.1) is 11.3 Å². The molecule has 0 aliphatic carbocycles. The molecular formula is C27H39N3O3S. The van der Waals surface area contributed by atoms with Gasteiger partial charge in [0.15, 0.2) is 0 Å². The summed E-state index contributed by atoms with van der Waals surface area (Å²) in [5, 5.41) is 5.07. The Morgan fingerprint density at radius 1 is 1.21 bits per heavy atom. The first-order valence-electron chi connectivity index (χ1n) is 12.2. The number of nitrogens with one attached hydrogen (secondary N) is 1. The highest BCUT2D eigenvalue weighted by Gasteiger charge is 2.33. The standard InChI is InChI=1S/C27H39N3O3S/c1-7-14-29(26(32)28-27(4,5)6)17-25(31)30-15-12-24-22(13-16-34-24)23(30)18-33-21-10-8-20(9-11-21)19(2)3/h8-11,13,16,19,23H,7,12,14-15,17-18H2,1-6H3,(H,28,32)/t23-/m1/s1. The van der Waals surface area contributed by atoms with Crippen LogP contribution in [0.4, 0.5) is 4.79 Å². The molecule has 2 heterocycles. The molecule has 1 N–H and O–H groups in total. The van der Waals surface area contributed by atoms with Gasteiger partial charge in [0.1, 0.15) is 18.9 Å². The molecule has 186 valence electrons. The number of rotatable bonds is 8. The van der Waals surface area contributed by atoms with E-state index < -0.39 is 0 Å². The quantitative estimate of drug-likeness (QED) is 0.530. The number of hydrogen-bond donors (Lipinski definition) is 1. The molecule has 1 atom stereocenters. The average molecular weight is 486 g/mol. The highest BCUT2D eigenvalue weighted by molar-refractivity contribution is 7.10. The third-order valence-corrected chi connectivity index (χ3v) is 6.96. The second-order valence-corrected chi connectivity index (χ2v) is 11.3. The van der Waals surface area contributed by atoms with E-state index in [1.54, 1.807) is 16.2 Å². The summed E-state index contributed by atoms with van der Waals surface area (Å²) < 4.78 is 6.17. The molecule has 0 fully saturated rings. The van der Waals surface area contributed by atoms with E-state index in [1.807, 2.05) is 44.7 Å². The van der Waals surface area contributed by atoms with Gasteiger partial charge >= 0.3 is 6.03 Å². The Labute approximate surface area is 208 Å². The van der Waals surface area contributed by atoms with E-state index in [-0.39, 0.29) is 30.1 Å². The van der Waals surface area contributed by atoms with Crippen LogP contribution in [0.25, 0.3) is 0 Å². The van der Waals surface area contributed by atoms with Gasteiger partial charge in [0.2, 0.25) is 5.91 Å². The highest BCUT2D eigenvalue weighted by atomic mass is 32.1. The Balaban J connectivity index is 1.74. The predicted molar refractivity (Wildman–Crippen MR) is 139 cm³/mol. The minimum atomic E-state index is -0.357. The Morgan fingerprint density at radius 3 is 2.53 bits per heavy atom. The number of fused-ring (bicyclic) bond motifs is 1. The molecular weight excluding hydrogens is 446 g/mol. The van der Waals surface area contributed by atoms with E-state index in [4.69, 9.17) is 4.74 Å². The lowest BCUT2D eigenvalue weighted by atomic mass is 10.00. The van der Waals surface area contributed by atoms with Gasteiger partial charge in [-0.25, -0.2) is 4.79 Å². The molecule has 7 heteroatoms. The van der Waals surface area contributed by atoms with Crippen LogP contribution in [-0.2, 0) is 11.2 Å². The molecule has 1 aliphatic heterocycles. The van der Waals surface area contributed by atoms with Crippen molar-refractivity contribution in [2.75, 3.05) is 26.2 Å². The molecule has 1 aliphatic rings. The molecule has 0 bridgehead atoms. The maximum absolute atomic E-state index is 13.5. The van der Waals surface area contributed by atoms with Crippen LogP contribution in [0, 0.1) is 0 Å². The molecule has 0 saturated heterocycles. The number of carbonyl (C=O) groups excluding carboxylic acids is 2. The van der Waals surface area contributed by atoms with Crippen molar-refractivity contribution < 1.29 is 14.3 Å². The SMILES string of the molecule is CCCN(CC(=O)N1CCc2sccc2[C@H]1COc1ccc(C(C)C)cc1)C(=O)NC(C)(C)C. The molecule has 34 heavy (non-hydrogen) atoms. The van der Waals surface area contributed by atoms with Crippen LogP contribution in [0.2, 0.25) is 0 Å². The lowest BCUT2D eigenvalue weighted by Gasteiger charge is -2.37. The number of ether oxygens (including phenoxy) is 1. The van der Waals surface area contributed by atoms with Crippen LogP contribution in [0.1, 0.15) is 75.9 Å². The minimum absolute atomic E-state index is 0.0434. The maximum atomic E-state index is 13.5. The monoisotopic (exact) mass is 485 g/mol. The van der Waals surface area contributed by atoms with Gasteiger partial charge in [0.25, 0.3) is 0 Å². The van der Waals surface area contributed by atoms with Crippen LogP contribution >= 0.6 is 11.3 Å². The summed E-state index contributed by atoms with van der Waals surface area (Å²) in [5.74, 6) is 1.23. The van der Waals surface area contributed by atoms with Crippen molar-refractivity contribution in [1.29, 1.82) is 0 Å². The van der Waals surface area contributed by atoms with Crippen LogP contribution < -0.4 is 10.1 Å². The molecule has 0 radical (unpaired) electrons. The number of nitrogens with zero attached hydrogens (tertiary/aromatic N) is 2. The first-order valence-corrected chi connectivity index (χ1v) is 13.1. The zero-order valence-corrected chi connectivity index (χ0v) is 22.2. The van der Waals surface area contributed by atoms with E-state index in [9.17, 15) is 9.59 Å². The van der Waals surface area contributed by atoms with E-state index in [0.717, 1.165) is 24.2 Å². The van der Waals surface area contributed by atoms with Gasteiger partial charge in [-0.3, -0.25) is 4.79 Å². The van der Waals surface area contributed by atoms with E-state index in [0.29, 0.717) is 25.6 Å². The van der Waals surface area contributed by atoms with E-state index >= 15 is 0 Å². The zero-order chi connectivity index (χ0) is 24.9. The first-order chi connectivity index (χ1) is 16.1. The van der Waals surface area contributed by atoms with Crippen molar-refractivity contribution in [2.45, 2.75) is 71.9 Å². The summed E-state index contributed by atoms with van der Waals surface area (Å²) in [6.07, 6.45) is 1.62. The van der Waals surface area contributed by atoms with Crippen molar-refractivity contribution in [1.82, 2.24) is 15.1 Å². The molecule has 0 spiro atoms. The third kappa shape index (κ3) is 6.75. The molecule has 0 unspecified atom stereocenters. The van der Waals surface area contributed by atoms with Crippen LogP contribution in [-0.4, -0.2) is 53.5 Å². The van der Waals surface area contributed by atoms with Crippen molar-refractivity contribution in [3.8, 4) is 5.75 Å². The van der Waals surface area contributed by atoms with Gasteiger partial charge < -0.3 is 19.9 Å². The van der Waals surface area contributed by atoms with Crippen molar-refractivity contribution >= 4 is 23.3 Å². The van der Waals surface area contributed by atoms with Crippen LogP contribution in [0.3, 0.4) is 0 Å². The van der Waals surface area contributed by atoms with Crippen LogP contribution in [0.15, 0.2) is 35.7 Å². The second kappa shape index (κ2) is 11.3. The molecule has 0 saturated carbocycles. The number of carbonyl (C=O) groups is 2. The van der Waals surface area contributed by atoms with E-state index in [1.165, 1.54) is 10.4 Å². The largest absolute Gasteiger partial charge is 0.491 e. The minimum Gasteiger partial charge on any atom is -0.491 e. The Hall–Kier alpha value is -2.54. The second-order valence-electron chi connectivity index (χ2n) is 10.3. The van der Waals surface area contributed by atoms with Gasteiger partial charge in [0.05, 0.1) is 6.04 Å². The molecule has 3 rings (SSSR count). The Bertz CT molecular complexity index is 962. The molecule has 3 amide bonds. The third-order valence-electron chi connectivity index (χ3n) is 5.96. The fraction of sp³-hybridized carbons (Fsp3) is 0.556. The topological polar surface area (TPSA) is 61.9 Å². The molecule has 1 aromatic carbocycles. The first kappa shape index (κ1) is 26.1. The van der Waals surface area contributed by atoms with Crippen LogP contribution in [0.5, 0.6) is 5.75 Å². The number of thiophene rings is 1. The summed E-state index contributed by atoms with van der Waals surface area (Å²) >= 11 is 1.73. The van der Waals surface area contributed by atoms with Gasteiger partial charge in [0, 0.05) is 23.5 Å². The average Bonchev–Trinajstić information content (AvgIpc) is 3.25. The van der Waals surface area contributed by atoms with Crippen molar-refractivity contribution in [2.24, 2.45) is 0 Å². The van der Waals surface area contributed by atoms with Gasteiger partial charge in [-0.2, -0.15) is 0 Å². The number of amides is 3. The number of hydrogen-bond acceptors (Lipinski definition) is 4. The molecule has 1 aromatic heterocycles. The summed E-state index contributed by atoms with van der Waals surface area (Å²) in [6.45, 7) is 13.8. The van der Waals surface area contributed by atoms with Crippen molar-refractivity contribution in [3.63, 3.8) is 0 Å². The molecule has 6 nitrogen and oxygen atoms in total. The van der Waals surface area contributed by atoms with E-state index in [2.05, 4.69) is 42.7 Å². The highest BCUT2D eigenvalue weighted by Crippen LogP contribution is 2.34. The maximum Gasteiger partial charge on any atom is 0.318 e. The molecule has 2 aromatic rings. The Kier molecular flexibility index (Phi) is 8.63. The predicted octanol–water partition coefficient (Wildman–Crippen LogP) is 5.60. The summed E-state index contributed by atoms with van der Waals surface area (Å²) in [5.41, 5.74) is 2.07.